The number of pyridine rings is 1. The van der Waals surface area contributed by atoms with E-state index in [2.05, 4.69) is 17.9 Å². The van der Waals surface area contributed by atoms with Crippen molar-refractivity contribution in [3.63, 3.8) is 0 Å². The predicted molar refractivity (Wildman–Crippen MR) is 85.8 cm³/mol. The number of nitrogens with zero attached hydrogens (tertiary/aromatic N) is 3. The van der Waals surface area contributed by atoms with E-state index in [0.717, 1.165) is 30.9 Å². The van der Waals surface area contributed by atoms with Gasteiger partial charge in [-0.1, -0.05) is 6.42 Å². The Bertz CT molecular complexity index is 603. The van der Waals surface area contributed by atoms with Gasteiger partial charge in [0.15, 0.2) is 0 Å². The van der Waals surface area contributed by atoms with Crippen LogP contribution in [0.25, 0.3) is 0 Å². The van der Waals surface area contributed by atoms with E-state index in [1.54, 1.807) is 0 Å². The van der Waals surface area contributed by atoms with Crippen molar-refractivity contribution >= 4 is 5.91 Å². The van der Waals surface area contributed by atoms with E-state index >= 15 is 0 Å². The molecule has 1 aliphatic carbocycles. The van der Waals surface area contributed by atoms with Crippen LogP contribution in [0.15, 0.2) is 6.07 Å². The first-order valence-electron chi connectivity index (χ1n) is 8.68. The fourth-order valence-electron chi connectivity index (χ4n) is 3.88. The molecule has 0 aromatic carbocycles. The Kier molecular flexibility index (Phi) is 3.44. The van der Waals surface area contributed by atoms with Crippen LogP contribution in [0, 0.1) is 0 Å². The maximum atomic E-state index is 12.4. The Morgan fingerprint density at radius 2 is 1.95 bits per heavy atom. The number of rotatable bonds is 3. The van der Waals surface area contributed by atoms with Crippen LogP contribution in [0.5, 0.6) is 0 Å². The molecule has 0 spiro atoms. The second-order valence-corrected chi connectivity index (χ2v) is 7.17. The standard InChI is InChI=1S/C18H25N3O/c1-12(21-8-4-3-5-9-21)16-10-14-15(11-20(2)18(14)22)17(19-16)13-6-7-13/h10,12-13H,3-9,11H2,1-2H3. The highest BCUT2D eigenvalue weighted by atomic mass is 16.2. The highest BCUT2D eigenvalue weighted by molar-refractivity contribution is 5.98. The minimum absolute atomic E-state index is 0.173. The number of fused-ring (bicyclic) bond motifs is 1. The van der Waals surface area contributed by atoms with E-state index in [0.29, 0.717) is 12.0 Å². The molecule has 1 amide bonds. The zero-order valence-corrected chi connectivity index (χ0v) is 13.6. The minimum atomic E-state index is 0.173. The van der Waals surface area contributed by atoms with Crippen LogP contribution >= 0.6 is 0 Å². The first-order chi connectivity index (χ1) is 10.6. The van der Waals surface area contributed by atoms with E-state index in [9.17, 15) is 4.79 Å². The van der Waals surface area contributed by atoms with Gasteiger partial charge in [0.2, 0.25) is 0 Å². The highest BCUT2D eigenvalue weighted by Crippen LogP contribution is 2.43. The SMILES string of the molecule is CC(c1cc2c(c(C3CC3)n1)CN(C)C2=O)N1CCCCC1. The number of piperidine rings is 1. The van der Waals surface area contributed by atoms with Crippen molar-refractivity contribution in [2.24, 2.45) is 0 Å². The van der Waals surface area contributed by atoms with Crippen LogP contribution in [0.1, 0.15) is 78.3 Å². The number of carbonyl (C=O) groups is 1. The Morgan fingerprint density at radius 3 is 2.64 bits per heavy atom. The lowest BCUT2D eigenvalue weighted by Gasteiger charge is -2.32. The maximum Gasteiger partial charge on any atom is 0.254 e. The zero-order chi connectivity index (χ0) is 15.3. The topological polar surface area (TPSA) is 36.4 Å². The van der Waals surface area contributed by atoms with E-state index in [4.69, 9.17) is 4.98 Å². The van der Waals surface area contributed by atoms with Crippen LogP contribution in [0.4, 0.5) is 0 Å². The molecule has 1 unspecified atom stereocenters. The summed E-state index contributed by atoms with van der Waals surface area (Å²) in [4.78, 5) is 21.8. The third-order valence-electron chi connectivity index (χ3n) is 5.48. The second-order valence-electron chi connectivity index (χ2n) is 7.17. The van der Waals surface area contributed by atoms with E-state index in [-0.39, 0.29) is 5.91 Å². The number of hydrogen-bond acceptors (Lipinski definition) is 3. The van der Waals surface area contributed by atoms with E-state index in [1.165, 1.54) is 43.4 Å². The Balaban J connectivity index is 1.71. The molecule has 1 aromatic heterocycles. The number of likely N-dealkylation sites (tertiary alicyclic amines) is 1. The van der Waals surface area contributed by atoms with Crippen molar-refractivity contribution < 1.29 is 4.79 Å². The third kappa shape index (κ3) is 2.34. The van der Waals surface area contributed by atoms with Gasteiger partial charge in [-0.3, -0.25) is 14.7 Å². The van der Waals surface area contributed by atoms with E-state index in [1.807, 2.05) is 11.9 Å². The number of aromatic nitrogens is 1. The summed E-state index contributed by atoms with van der Waals surface area (Å²) in [7, 11) is 1.90. The van der Waals surface area contributed by atoms with Gasteiger partial charge in [-0.05, 0) is 51.8 Å². The third-order valence-corrected chi connectivity index (χ3v) is 5.48. The maximum absolute atomic E-state index is 12.4. The van der Waals surface area contributed by atoms with Gasteiger partial charge in [0.25, 0.3) is 5.91 Å². The van der Waals surface area contributed by atoms with Crippen LogP contribution in [0.3, 0.4) is 0 Å². The predicted octanol–water partition coefficient (Wildman–Crippen LogP) is 3.09. The fourth-order valence-corrected chi connectivity index (χ4v) is 3.88. The summed E-state index contributed by atoms with van der Waals surface area (Å²) in [5.41, 5.74) is 4.43. The number of amides is 1. The lowest BCUT2D eigenvalue weighted by atomic mass is 10.0. The molecule has 1 saturated heterocycles. The van der Waals surface area contributed by atoms with Gasteiger partial charge in [0.05, 0.1) is 5.69 Å². The van der Waals surface area contributed by atoms with Crippen molar-refractivity contribution in [2.45, 2.75) is 57.5 Å². The lowest BCUT2D eigenvalue weighted by Crippen LogP contribution is -2.33. The molecule has 1 saturated carbocycles. The molecule has 3 heterocycles. The molecule has 0 bridgehead atoms. The second kappa shape index (κ2) is 5.34. The Hall–Kier alpha value is -1.42. The molecule has 0 N–H and O–H groups in total. The monoisotopic (exact) mass is 299 g/mol. The Morgan fingerprint density at radius 1 is 1.23 bits per heavy atom. The summed E-state index contributed by atoms with van der Waals surface area (Å²) >= 11 is 0. The summed E-state index contributed by atoms with van der Waals surface area (Å²) in [6, 6.07) is 2.40. The average Bonchev–Trinajstić information content (AvgIpc) is 3.35. The molecule has 4 nitrogen and oxygen atoms in total. The number of hydrogen-bond donors (Lipinski definition) is 0. The van der Waals surface area contributed by atoms with Gasteiger partial charge in [0, 0.05) is 42.4 Å². The first kappa shape index (κ1) is 14.2. The summed E-state index contributed by atoms with van der Waals surface area (Å²) in [6.07, 6.45) is 6.38. The molecule has 118 valence electrons. The quantitative estimate of drug-likeness (QED) is 0.860. The van der Waals surface area contributed by atoms with Crippen LogP contribution < -0.4 is 0 Å². The molecule has 4 rings (SSSR count). The molecule has 4 heteroatoms. The van der Waals surface area contributed by atoms with Crippen LogP contribution in [-0.4, -0.2) is 40.8 Å². The van der Waals surface area contributed by atoms with Crippen molar-refractivity contribution in [2.75, 3.05) is 20.1 Å². The van der Waals surface area contributed by atoms with Gasteiger partial charge >= 0.3 is 0 Å². The molecule has 0 radical (unpaired) electrons. The molecule has 2 aliphatic heterocycles. The molecular weight excluding hydrogens is 274 g/mol. The van der Waals surface area contributed by atoms with Crippen molar-refractivity contribution in [1.82, 2.24) is 14.8 Å². The largest absolute Gasteiger partial charge is 0.337 e. The van der Waals surface area contributed by atoms with Gasteiger partial charge in [-0.2, -0.15) is 0 Å². The van der Waals surface area contributed by atoms with Crippen molar-refractivity contribution in [3.05, 3.63) is 28.6 Å². The van der Waals surface area contributed by atoms with Crippen molar-refractivity contribution in [3.8, 4) is 0 Å². The molecular formula is C18H25N3O. The summed E-state index contributed by atoms with van der Waals surface area (Å²) in [6.45, 7) is 5.31. The number of carbonyl (C=O) groups excluding carboxylic acids is 1. The van der Waals surface area contributed by atoms with Gasteiger partial charge in [-0.15, -0.1) is 0 Å². The summed E-state index contributed by atoms with van der Waals surface area (Å²) in [5, 5.41) is 0. The van der Waals surface area contributed by atoms with Gasteiger partial charge in [0.1, 0.15) is 0 Å². The van der Waals surface area contributed by atoms with Crippen molar-refractivity contribution in [1.29, 1.82) is 0 Å². The molecule has 1 atom stereocenters. The molecule has 1 aromatic rings. The Labute approximate surface area is 132 Å². The lowest BCUT2D eigenvalue weighted by molar-refractivity contribution is 0.0816. The highest BCUT2D eigenvalue weighted by Gasteiger charge is 2.36. The first-order valence-corrected chi connectivity index (χ1v) is 8.68. The van der Waals surface area contributed by atoms with Crippen LogP contribution in [0.2, 0.25) is 0 Å². The van der Waals surface area contributed by atoms with Gasteiger partial charge < -0.3 is 4.90 Å². The van der Waals surface area contributed by atoms with Gasteiger partial charge in [-0.25, -0.2) is 0 Å². The van der Waals surface area contributed by atoms with Crippen LogP contribution in [-0.2, 0) is 6.54 Å². The fraction of sp³-hybridized carbons (Fsp3) is 0.667. The minimum Gasteiger partial charge on any atom is -0.337 e. The zero-order valence-electron chi connectivity index (χ0n) is 13.6. The molecule has 22 heavy (non-hydrogen) atoms. The summed E-state index contributed by atoms with van der Waals surface area (Å²) < 4.78 is 0. The normalized spacial score (nSPS) is 23.7. The molecule has 3 aliphatic rings. The smallest absolute Gasteiger partial charge is 0.254 e. The molecule has 2 fully saturated rings. The average molecular weight is 299 g/mol. The summed E-state index contributed by atoms with van der Waals surface area (Å²) in [5.74, 6) is 0.771. The van der Waals surface area contributed by atoms with E-state index < -0.39 is 0 Å².